The summed E-state index contributed by atoms with van der Waals surface area (Å²) in [5.74, 6) is -5.81. The van der Waals surface area contributed by atoms with Gasteiger partial charge in [-0.25, -0.2) is 0 Å². The molecule has 1 unspecified atom stereocenters. The molecule has 0 bridgehead atoms. The zero-order valence-corrected chi connectivity index (χ0v) is 9.90. The van der Waals surface area contributed by atoms with Crippen molar-refractivity contribution >= 4 is 11.9 Å². The Bertz CT molecular complexity index is 345. The van der Waals surface area contributed by atoms with Crippen molar-refractivity contribution in [2.24, 2.45) is 11.8 Å². The fourth-order valence-electron chi connectivity index (χ4n) is 1.92. The number of alkyl halides is 3. The molecule has 1 heterocycles. The number of amides is 1. The predicted octanol–water partition coefficient (Wildman–Crippen LogP) is 0.743. The molecule has 0 aromatic carbocycles. The Morgan fingerprint density at radius 1 is 1.39 bits per heavy atom. The van der Waals surface area contributed by atoms with Gasteiger partial charge in [0.2, 0.25) is 0 Å². The van der Waals surface area contributed by atoms with E-state index in [4.69, 9.17) is 9.84 Å². The zero-order valence-electron chi connectivity index (χ0n) is 9.90. The quantitative estimate of drug-likeness (QED) is 0.820. The lowest BCUT2D eigenvalue weighted by molar-refractivity contribution is -0.188. The Kier molecular flexibility index (Phi) is 4.20. The number of likely N-dealkylation sites (tertiary alicyclic amines) is 1. The fraction of sp³-hybridized carbons (Fsp3) is 0.800. The van der Waals surface area contributed by atoms with Crippen molar-refractivity contribution in [3.05, 3.63) is 0 Å². The van der Waals surface area contributed by atoms with Crippen molar-refractivity contribution in [1.29, 1.82) is 0 Å². The Balaban J connectivity index is 2.85. The third kappa shape index (κ3) is 2.92. The van der Waals surface area contributed by atoms with E-state index >= 15 is 0 Å². The number of nitrogens with zero attached hydrogens (tertiary/aromatic N) is 1. The monoisotopic (exact) mass is 269 g/mol. The minimum Gasteiger partial charge on any atom is -0.481 e. The molecule has 1 rings (SSSR count). The first-order valence-corrected chi connectivity index (χ1v) is 5.29. The molecule has 1 aliphatic heterocycles. The van der Waals surface area contributed by atoms with Crippen LogP contribution in [0.3, 0.4) is 0 Å². The average molecular weight is 269 g/mol. The summed E-state index contributed by atoms with van der Waals surface area (Å²) in [5.41, 5.74) is 0. The fourth-order valence-corrected chi connectivity index (χ4v) is 1.92. The lowest BCUT2D eigenvalue weighted by Gasteiger charge is -2.20. The average Bonchev–Trinajstić information content (AvgIpc) is 2.71. The van der Waals surface area contributed by atoms with Gasteiger partial charge in [0.05, 0.1) is 11.8 Å². The second kappa shape index (κ2) is 5.13. The number of carboxylic acid groups (broad SMARTS) is 1. The number of carbonyl (C=O) groups is 2. The van der Waals surface area contributed by atoms with E-state index in [2.05, 4.69) is 0 Å². The number of halogens is 3. The van der Waals surface area contributed by atoms with Gasteiger partial charge in [-0.2, -0.15) is 13.2 Å². The van der Waals surface area contributed by atoms with Crippen LogP contribution < -0.4 is 0 Å². The molecule has 0 aromatic heterocycles. The first-order valence-electron chi connectivity index (χ1n) is 5.29. The third-order valence-electron chi connectivity index (χ3n) is 3.07. The highest BCUT2D eigenvalue weighted by Crippen LogP contribution is 2.37. The van der Waals surface area contributed by atoms with Gasteiger partial charge in [0.25, 0.3) is 5.91 Å². The van der Waals surface area contributed by atoms with Gasteiger partial charge in [-0.1, -0.05) is 0 Å². The van der Waals surface area contributed by atoms with Crippen LogP contribution in [0.1, 0.15) is 6.92 Å². The number of aliphatic carboxylic acids is 1. The molecule has 8 heteroatoms. The van der Waals surface area contributed by atoms with Crippen LogP contribution in [0.25, 0.3) is 0 Å². The van der Waals surface area contributed by atoms with Crippen LogP contribution in [-0.4, -0.2) is 54.4 Å². The van der Waals surface area contributed by atoms with E-state index in [0.717, 1.165) is 4.90 Å². The molecule has 104 valence electrons. The summed E-state index contributed by atoms with van der Waals surface area (Å²) in [6.07, 6.45) is -5.51. The molecule has 1 saturated heterocycles. The van der Waals surface area contributed by atoms with Crippen molar-refractivity contribution in [3.63, 3.8) is 0 Å². The van der Waals surface area contributed by atoms with E-state index in [1.807, 2.05) is 0 Å². The Morgan fingerprint density at radius 3 is 2.28 bits per heavy atom. The molecular weight excluding hydrogens is 255 g/mol. The van der Waals surface area contributed by atoms with Gasteiger partial charge in [-0.15, -0.1) is 0 Å². The summed E-state index contributed by atoms with van der Waals surface area (Å²) in [5, 5.41) is 8.77. The van der Waals surface area contributed by atoms with Gasteiger partial charge >= 0.3 is 12.1 Å². The van der Waals surface area contributed by atoms with Crippen molar-refractivity contribution < 1.29 is 32.6 Å². The second-order valence-corrected chi connectivity index (χ2v) is 4.21. The molecular formula is C10H14F3NO4. The Hall–Kier alpha value is -1.31. The van der Waals surface area contributed by atoms with E-state index in [1.165, 1.54) is 14.0 Å². The maximum Gasteiger partial charge on any atom is 0.394 e. The molecule has 1 aliphatic rings. The van der Waals surface area contributed by atoms with E-state index < -0.39 is 49.1 Å². The number of hydrogen-bond donors (Lipinski definition) is 1. The molecule has 3 atom stereocenters. The number of ether oxygens (including phenoxy) is 1. The van der Waals surface area contributed by atoms with Crippen LogP contribution in [0.5, 0.6) is 0 Å². The summed E-state index contributed by atoms with van der Waals surface area (Å²) >= 11 is 0. The van der Waals surface area contributed by atoms with Crippen molar-refractivity contribution in [3.8, 4) is 0 Å². The van der Waals surface area contributed by atoms with Gasteiger partial charge in [0.15, 0.2) is 0 Å². The topological polar surface area (TPSA) is 66.8 Å². The van der Waals surface area contributed by atoms with Gasteiger partial charge in [0, 0.05) is 20.2 Å². The van der Waals surface area contributed by atoms with E-state index in [0.29, 0.717) is 0 Å². The maximum atomic E-state index is 12.7. The van der Waals surface area contributed by atoms with Crippen LogP contribution >= 0.6 is 0 Å². The zero-order chi connectivity index (χ0) is 14.1. The number of hydrogen-bond acceptors (Lipinski definition) is 3. The molecule has 1 amide bonds. The van der Waals surface area contributed by atoms with Crippen LogP contribution in [0, 0.1) is 11.8 Å². The normalized spacial score (nSPS) is 26.2. The number of carboxylic acids is 1. The molecule has 0 radical (unpaired) electrons. The van der Waals surface area contributed by atoms with Gasteiger partial charge in [-0.3, -0.25) is 9.59 Å². The first kappa shape index (κ1) is 14.7. The summed E-state index contributed by atoms with van der Waals surface area (Å²) in [4.78, 5) is 23.3. The van der Waals surface area contributed by atoms with Crippen LogP contribution in [0.2, 0.25) is 0 Å². The lowest BCUT2D eigenvalue weighted by atomic mass is 9.96. The van der Waals surface area contributed by atoms with Gasteiger partial charge < -0.3 is 14.7 Å². The highest BCUT2D eigenvalue weighted by Gasteiger charge is 2.53. The smallest absolute Gasteiger partial charge is 0.394 e. The molecule has 0 aromatic rings. The third-order valence-corrected chi connectivity index (χ3v) is 3.07. The van der Waals surface area contributed by atoms with E-state index in [-0.39, 0.29) is 0 Å². The minimum absolute atomic E-state index is 0.438. The number of rotatable bonds is 3. The van der Waals surface area contributed by atoms with Crippen LogP contribution in [-0.2, 0) is 14.3 Å². The highest BCUT2D eigenvalue weighted by molar-refractivity contribution is 5.82. The van der Waals surface area contributed by atoms with Crippen molar-refractivity contribution in [2.45, 2.75) is 19.2 Å². The van der Waals surface area contributed by atoms with Crippen LogP contribution in [0.4, 0.5) is 13.2 Å². The second-order valence-electron chi connectivity index (χ2n) is 4.21. The Labute approximate surface area is 102 Å². The molecule has 0 saturated carbocycles. The van der Waals surface area contributed by atoms with Crippen LogP contribution in [0.15, 0.2) is 0 Å². The largest absolute Gasteiger partial charge is 0.481 e. The molecule has 0 aliphatic carbocycles. The summed E-state index contributed by atoms with van der Waals surface area (Å²) in [6, 6.07) is 0. The summed E-state index contributed by atoms with van der Waals surface area (Å²) in [7, 11) is 1.26. The van der Waals surface area contributed by atoms with E-state index in [9.17, 15) is 22.8 Å². The lowest BCUT2D eigenvalue weighted by Crippen LogP contribution is -2.38. The molecule has 0 spiro atoms. The van der Waals surface area contributed by atoms with Crippen molar-refractivity contribution in [1.82, 2.24) is 4.90 Å². The standard InChI is InChI=1S/C10H14F3NO4/c1-5(18-2)8(15)14-3-6(9(16)17)7(4-14)10(11,12)13/h5-7H,3-4H2,1-2H3,(H,16,17)/t5?,6-,7-/m1/s1. The van der Waals surface area contributed by atoms with E-state index in [1.54, 1.807) is 0 Å². The molecule has 1 fully saturated rings. The highest BCUT2D eigenvalue weighted by atomic mass is 19.4. The predicted molar refractivity (Wildman–Crippen MR) is 53.7 cm³/mol. The molecule has 18 heavy (non-hydrogen) atoms. The number of methoxy groups -OCH3 is 1. The first-order chi connectivity index (χ1) is 8.18. The van der Waals surface area contributed by atoms with Gasteiger partial charge in [-0.05, 0) is 6.92 Å². The number of carbonyl (C=O) groups excluding carboxylic acids is 1. The summed E-state index contributed by atoms with van der Waals surface area (Å²) in [6.45, 7) is 0.331. The summed E-state index contributed by atoms with van der Waals surface area (Å²) < 4.78 is 42.7. The molecule has 5 nitrogen and oxygen atoms in total. The SMILES string of the molecule is COC(C)C(=O)N1C[C@@H](C(F)(F)F)[C@H](C(=O)O)C1. The minimum atomic E-state index is -4.63. The maximum absolute atomic E-state index is 12.7. The Morgan fingerprint density at radius 2 is 1.94 bits per heavy atom. The van der Waals surface area contributed by atoms with Gasteiger partial charge in [0.1, 0.15) is 6.10 Å². The molecule has 1 N–H and O–H groups in total. The van der Waals surface area contributed by atoms with Crippen molar-refractivity contribution in [2.75, 3.05) is 20.2 Å².